The number of aromatic hydroxyl groups is 1. The van der Waals surface area contributed by atoms with Gasteiger partial charge in [0.15, 0.2) is 0 Å². The van der Waals surface area contributed by atoms with Gasteiger partial charge in [-0.25, -0.2) is 0 Å². The molecule has 7 nitrogen and oxygen atoms in total. The molecule has 0 aliphatic heterocycles. The van der Waals surface area contributed by atoms with Gasteiger partial charge in [0.05, 0.1) is 0 Å². The molecule has 1 aromatic heterocycles. The van der Waals surface area contributed by atoms with E-state index in [-0.39, 0.29) is 23.1 Å². The molecule has 2 aromatic rings. The normalized spacial score (nSPS) is 11.4. The minimum atomic E-state index is -1.03. The maximum Gasteiger partial charge on any atom is 0.320 e. The van der Waals surface area contributed by atoms with Crippen LogP contribution in [0, 0.1) is 0 Å². The maximum atomic E-state index is 10.6. The van der Waals surface area contributed by atoms with E-state index in [9.17, 15) is 9.90 Å². The number of aromatic nitrogens is 1. The molecule has 100 valence electrons. The van der Waals surface area contributed by atoms with Gasteiger partial charge in [-0.15, -0.1) is 0 Å². The summed E-state index contributed by atoms with van der Waals surface area (Å²) in [4.78, 5) is 13.6. The SMILES string of the molecule is NC(Cc1c[nH]c2ccc(O)cc12)C(=O)O.O.O. The van der Waals surface area contributed by atoms with Crippen LogP contribution in [0.4, 0.5) is 0 Å². The Hall–Kier alpha value is -2.09. The summed E-state index contributed by atoms with van der Waals surface area (Å²) in [6.07, 6.45) is 1.95. The van der Waals surface area contributed by atoms with Crippen LogP contribution in [0.1, 0.15) is 5.56 Å². The molecular weight excluding hydrogens is 240 g/mol. The third-order valence-electron chi connectivity index (χ3n) is 2.51. The second-order valence-electron chi connectivity index (χ2n) is 3.69. The Kier molecular flexibility index (Phi) is 5.31. The van der Waals surface area contributed by atoms with Gasteiger partial charge in [0.1, 0.15) is 11.8 Å². The highest BCUT2D eigenvalue weighted by Crippen LogP contribution is 2.23. The van der Waals surface area contributed by atoms with Gasteiger partial charge in [0, 0.05) is 23.5 Å². The summed E-state index contributed by atoms with van der Waals surface area (Å²) in [7, 11) is 0. The molecule has 18 heavy (non-hydrogen) atoms. The summed E-state index contributed by atoms with van der Waals surface area (Å²) in [6.45, 7) is 0. The van der Waals surface area contributed by atoms with Gasteiger partial charge in [-0.1, -0.05) is 0 Å². The van der Waals surface area contributed by atoms with Crippen LogP contribution in [-0.2, 0) is 11.2 Å². The number of H-pyrrole nitrogens is 1. The minimum absolute atomic E-state index is 0. The lowest BCUT2D eigenvalue weighted by Gasteiger charge is -2.04. The summed E-state index contributed by atoms with van der Waals surface area (Å²) >= 11 is 0. The summed E-state index contributed by atoms with van der Waals surface area (Å²) in [5.41, 5.74) is 7.11. The number of nitrogens with one attached hydrogen (secondary N) is 1. The molecule has 0 radical (unpaired) electrons. The van der Waals surface area contributed by atoms with E-state index < -0.39 is 12.0 Å². The third kappa shape index (κ3) is 2.98. The molecule has 1 unspecified atom stereocenters. The van der Waals surface area contributed by atoms with Crippen LogP contribution < -0.4 is 5.73 Å². The van der Waals surface area contributed by atoms with Crippen molar-refractivity contribution in [3.05, 3.63) is 30.0 Å². The number of nitrogens with two attached hydrogens (primary N) is 1. The van der Waals surface area contributed by atoms with E-state index in [4.69, 9.17) is 10.8 Å². The molecule has 0 saturated carbocycles. The van der Waals surface area contributed by atoms with Crippen molar-refractivity contribution in [1.82, 2.24) is 4.98 Å². The van der Waals surface area contributed by atoms with Crippen LogP contribution in [0.3, 0.4) is 0 Å². The Morgan fingerprint density at radius 2 is 2.06 bits per heavy atom. The number of aromatic amines is 1. The van der Waals surface area contributed by atoms with E-state index in [1.54, 1.807) is 24.4 Å². The molecule has 0 saturated heterocycles. The standard InChI is InChI=1S/C11H12N2O3.2H2O/c12-9(11(15)16)3-6-5-13-10-2-1-7(14)4-8(6)10;;/h1-2,4-5,9,13-14H,3,12H2,(H,15,16);2*1H2. The Morgan fingerprint density at radius 1 is 1.39 bits per heavy atom. The van der Waals surface area contributed by atoms with Gasteiger partial charge >= 0.3 is 5.97 Å². The van der Waals surface area contributed by atoms with Crippen LogP contribution in [-0.4, -0.2) is 38.2 Å². The van der Waals surface area contributed by atoms with Gasteiger partial charge in [0.2, 0.25) is 0 Å². The molecule has 1 heterocycles. The first-order valence-corrected chi connectivity index (χ1v) is 4.85. The molecule has 0 bridgehead atoms. The van der Waals surface area contributed by atoms with Crippen LogP contribution in [0.15, 0.2) is 24.4 Å². The Labute approximate surface area is 102 Å². The highest BCUT2D eigenvalue weighted by molar-refractivity contribution is 5.85. The topological polar surface area (TPSA) is 162 Å². The van der Waals surface area contributed by atoms with Crippen molar-refractivity contribution in [2.45, 2.75) is 12.5 Å². The molecule has 7 heteroatoms. The van der Waals surface area contributed by atoms with Crippen molar-refractivity contribution in [2.24, 2.45) is 5.73 Å². The predicted molar refractivity (Wildman–Crippen MR) is 66.5 cm³/mol. The van der Waals surface area contributed by atoms with E-state index >= 15 is 0 Å². The highest BCUT2D eigenvalue weighted by atomic mass is 16.4. The lowest BCUT2D eigenvalue weighted by Crippen LogP contribution is -2.32. The zero-order valence-corrected chi connectivity index (χ0v) is 9.47. The molecule has 0 aliphatic carbocycles. The van der Waals surface area contributed by atoms with Crippen molar-refractivity contribution in [1.29, 1.82) is 0 Å². The van der Waals surface area contributed by atoms with E-state index in [2.05, 4.69) is 4.98 Å². The van der Waals surface area contributed by atoms with Gasteiger partial charge < -0.3 is 31.9 Å². The average Bonchev–Trinajstić information content (AvgIpc) is 2.61. The molecule has 1 aromatic carbocycles. The Bertz CT molecular complexity index is 537. The molecule has 2 rings (SSSR count). The van der Waals surface area contributed by atoms with Crippen molar-refractivity contribution < 1.29 is 26.0 Å². The first kappa shape index (κ1) is 15.9. The van der Waals surface area contributed by atoms with Crippen LogP contribution >= 0.6 is 0 Å². The van der Waals surface area contributed by atoms with Crippen molar-refractivity contribution in [2.75, 3.05) is 0 Å². The first-order chi connectivity index (χ1) is 7.58. The number of fused-ring (bicyclic) bond motifs is 1. The third-order valence-corrected chi connectivity index (χ3v) is 2.51. The van der Waals surface area contributed by atoms with E-state index in [0.29, 0.717) is 0 Å². The molecule has 0 fully saturated rings. The quantitative estimate of drug-likeness (QED) is 0.564. The predicted octanol–water partition coefficient (Wildman–Crippen LogP) is -0.821. The number of hydrogen-bond donors (Lipinski definition) is 4. The Morgan fingerprint density at radius 3 is 2.67 bits per heavy atom. The van der Waals surface area contributed by atoms with Crippen molar-refractivity contribution in [3.8, 4) is 5.75 Å². The number of benzene rings is 1. The van der Waals surface area contributed by atoms with E-state index in [1.807, 2.05) is 0 Å². The second kappa shape index (κ2) is 6.01. The van der Waals surface area contributed by atoms with Gasteiger partial charge in [-0.05, 0) is 23.8 Å². The average molecular weight is 256 g/mol. The fourth-order valence-corrected chi connectivity index (χ4v) is 1.66. The molecule has 0 amide bonds. The number of carboxylic acids is 1. The molecular formula is C11H16N2O5. The summed E-state index contributed by atoms with van der Waals surface area (Å²) < 4.78 is 0. The lowest BCUT2D eigenvalue weighted by molar-refractivity contribution is -0.138. The molecule has 0 aliphatic rings. The minimum Gasteiger partial charge on any atom is -0.508 e. The largest absolute Gasteiger partial charge is 0.508 e. The van der Waals surface area contributed by atoms with Gasteiger partial charge in [0.25, 0.3) is 0 Å². The maximum absolute atomic E-state index is 10.6. The number of carboxylic acid groups (broad SMARTS) is 1. The summed E-state index contributed by atoms with van der Waals surface area (Å²) in [5, 5.41) is 18.9. The smallest absolute Gasteiger partial charge is 0.320 e. The molecule has 0 spiro atoms. The second-order valence-corrected chi connectivity index (χ2v) is 3.69. The number of phenolic OH excluding ortho intramolecular Hbond substituents is 1. The lowest BCUT2D eigenvalue weighted by atomic mass is 10.1. The summed E-state index contributed by atoms with van der Waals surface area (Å²) in [5.74, 6) is -0.883. The molecule has 9 N–H and O–H groups in total. The van der Waals surface area contributed by atoms with E-state index in [1.165, 1.54) is 0 Å². The zero-order valence-electron chi connectivity index (χ0n) is 9.47. The first-order valence-electron chi connectivity index (χ1n) is 4.85. The Balaban J connectivity index is 0.00000144. The highest BCUT2D eigenvalue weighted by Gasteiger charge is 2.14. The van der Waals surface area contributed by atoms with E-state index in [0.717, 1.165) is 16.5 Å². The number of aliphatic carboxylic acids is 1. The number of rotatable bonds is 3. The number of phenols is 1. The fraction of sp³-hybridized carbons (Fsp3) is 0.182. The van der Waals surface area contributed by atoms with Crippen LogP contribution in [0.25, 0.3) is 10.9 Å². The van der Waals surface area contributed by atoms with Crippen LogP contribution in [0.2, 0.25) is 0 Å². The molecule has 1 atom stereocenters. The monoisotopic (exact) mass is 256 g/mol. The van der Waals surface area contributed by atoms with Crippen molar-refractivity contribution in [3.63, 3.8) is 0 Å². The van der Waals surface area contributed by atoms with Crippen molar-refractivity contribution >= 4 is 16.9 Å². The van der Waals surface area contributed by atoms with Gasteiger partial charge in [-0.3, -0.25) is 4.79 Å². The summed E-state index contributed by atoms with van der Waals surface area (Å²) in [6, 6.07) is 3.97. The fourth-order valence-electron chi connectivity index (χ4n) is 1.66. The van der Waals surface area contributed by atoms with Gasteiger partial charge in [-0.2, -0.15) is 0 Å². The number of hydrogen-bond acceptors (Lipinski definition) is 3. The zero-order chi connectivity index (χ0) is 11.7. The van der Waals surface area contributed by atoms with Crippen LogP contribution in [0.5, 0.6) is 5.75 Å². The number of carbonyl (C=O) groups is 1.